The van der Waals surface area contributed by atoms with Crippen molar-refractivity contribution in [3.63, 3.8) is 0 Å². The maximum atomic E-state index is 13.4. The van der Waals surface area contributed by atoms with Crippen molar-refractivity contribution in [1.29, 1.82) is 0 Å². The average Bonchev–Trinajstić information content (AvgIpc) is 2.62. The predicted molar refractivity (Wildman–Crippen MR) is 94.6 cm³/mol. The fraction of sp³-hybridized carbons (Fsp3) is 0.615. The van der Waals surface area contributed by atoms with Crippen molar-refractivity contribution in [2.45, 2.75) is 17.6 Å². The summed E-state index contributed by atoms with van der Waals surface area (Å²) in [5, 5.41) is 9.95. The van der Waals surface area contributed by atoms with Crippen molar-refractivity contribution in [3.05, 3.63) is 21.7 Å². The fourth-order valence-electron chi connectivity index (χ4n) is 2.97. The Kier molecular flexibility index (Phi) is 5.93. The van der Waals surface area contributed by atoms with Crippen LogP contribution in [0.5, 0.6) is 0 Å². The smallest absolute Gasteiger partial charge is 0.352 e. The SMILES string of the molecule is COP(=O)(N(C)C)C1(N=[N+]=[N-])C(=O)N2C(C(=O)O)=C(COC(C)=O)CS[C@@H]21. The predicted octanol–water partition coefficient (Wildman–Crippen LogP) is 1.21. The topological polar surface area (TPSA) is 162 Å². The third-order valence-corrected chi connectivity index (χ3v) is 8.65. The molecule has 0 aromatic rings. The molecule has 0 radical (unpaired) electrons. The van der Waals surface area contributed by atoms with Crippen molar-refractivity contribution >= 4 is 37.1 Å². The minimum Gasteiger partial charge on any atom is -0.477 e. The molecule has 2 aliphatic heterocycles. The molecule has 0 aromatic heterocycles. The molecule has 1 amide bonds. The van der Waals surface area contributed by atoms with E-state index in [1.54, 1.807) is 0 Å². The Morgan fingerprint density at radius 2 is 2.19 bits per heavy atom. The van der Waals surface area contributed by atoms with Crippen molar-refractivity contribution in [2.24, 2.45) is 5.11 Å². The molecule has 1 fully saturated rings. The summed E-state index contributed by atoms with van der Waals surface area (Å²) in [7, 11) is -0.0426. The van der Waals surface area contributed by atoms with E-state index in [1.807, 2.05) is 0 Å². The van der Waals surface area contributed by atoms with Crippen LogP contribution in [0, 0.1) is 0 Å². The van der Waals surface area contributed by atoms with Crippen LogP contribution in [0.25, 0.3) is 10.4 Å². The first-order valence-corrected chi connectivity index (χ1v) is 10.1. The first kappa shape index (κ1) is 21.3. The summed E-state index contributed by atoms with van der Waals surface area (Å²) in [5.41, 5.74) is 8.81. The molecule has 2 aliphatic rings. The first-order valence-electron chi connectivity index (χ1n) is 7.52. The van der Waals surface area contributed by atoms with Crippen molar-refractivity contribution < 1.29 is 33.3 Å². The van der Waals surface area contributed by atoms with Crippen LogP contribution in [-0.4, -0.2) is 76.7 Å². The molecule has 1 saturated heterocycles. The number of nitrogens with zero attached hydrogens (tertiary/aromatic N) is 5. The molecular weight excluding hydrogens is 401 g/mol. The van der Waals surface area contributed by atoms with E-state index in [9.17, 15) is 24.1 Å². The second-order valence-electron chi connectivity index (χ2n) is 5.84. The number of amides is 1. The Morgan fingerprint density at radius 3 is 2.63 bits per heavy atom. The number of carboxylic acids is 1. The molecule has 0 aromatic carbocycles. The van der Waals surface area contributed by atoms with Gasteiger partial charge in [0.15, 0.2) is 0 Å². The van der Waals surface area contributed by atoms with Crippen LogP contribution < -0.4 is 0 Å². The molecule has 0 aliphatic carbocycles. The molecular formula is C13H18N5O7PS. The minimum atomic E-state index is -3.98. The summed E-state index contributed by atoms with van der Waals surface area (Å²) in [6, 6.07) is 0. The van der Waals surface area contributed by atoms with Gasteiger partial charge in [-0.15, -0.1) is 11.8 Å². The number of β-lactam (4-membered cyclic amide) rings is 1. The highest BCUT2D eigenvalue weighted by atomic mass is 32.2. The van der Waals surface area contributed by atoms with E-state index in [-0.39, 0.29) is 23.6 Å². The van der Waals surface area contributed by atoms with E-state index in [2.05, 4.69) is 10.0 Å². The number of rotatable bonds is 7. The number of hydrogen-bond acceptors (Lipinski definition) is 8. The van der Waals surface area contributed by atoms with Gasteiger partial charge in [-0.1, -0.05) is 5.11 Å². The Bertz CT molecular complexity index is 824. The molecule has 2 unspecified atom stereocenters. The number of carboxylic acid groups (broad SMARTS) is 1. The van der Waals surface area contributed by atoms with E-state index in [0.29, 0.717) is 0 Å². The molecule has 0 bridgehead atoms. The minimum absolute atomic E-state index is 0.0726. The molecule has 3 atom stereocenters. The molecule has 12 nitrogen and oxygen atoms in total. The van der Waals surface area contributed by atoms with Crippen LogP contribution in [0.1, 0.15) is 6.92 Å². The summed E-state index contributed by atoms with van der Waals surface area (Å²) in [6.45, 7) is 0.873. The molecule has 0 saturated carbocycles. The van der Waals surface area contributed by atoms with Gasteiger partial charge in [-0.2, -0.15) is 0 Å². The Labute approximate surface area is 158 Å². The van der Waals surface area contributed by atoms with Gasteiger partial charge in [0, 0.05) is 30.3 Å². The summed E-state index contributed by atoms with van der Waals surface area (Å²) in [5.74, 6) is -2.89. The summed E-state index contributed by atoms with van der Waals surface area (Å²) < 4.78 is 24.5. The highest BCUT2D eigenvalue weighted by Crippen LogP contribution is 2.70. The van der Waals surface area contributed by atoms with Crippen molar-refractivity contribution in [2.75, 3.05) is 33.6 Å². The fourth-order valence-corrected chi connectivity index (χ4v) is 7.01. The van der Waals surface area contributed by atoms with Crippen LogP contribution in [0.2, 0.25) is 0 Å². The lowest BCUT2D eigenvalue weighted by molar-refractivity contribution is -0.151. The van der Waals surface area contributed by atoms with Gasteiger partial charge >= 0.3 is 11.9 Å². The molecule has 2 heterocycles. The van der Waals surface area contributed by atoms with Gasteiger partial charge in [-0.25, -0.2) is 9.46 Å². The van der Waals surface area contributed by atoms with Crippen LogP contribution in [-0.2, 0) is 28.2 Å². The molecule has 148 valence electrons. The summed E-state index contributed by atoms with van der Waals surface area (Å²) in [6.07, 6.45) is 0. The van der Waals surface area contributed by atoms with E-state index in [1.165, 1.54) is 21.0 Å². The lowest BCUT2D eigenvalue weighted by Crippen LogP contribution is -2.73. The molecule has 0 spiro atoms. The standard InChI is InChI=1S/C13H18N5O7PS/c1-7(19)25-5-8-6-27-12-13(15-16-14,26(23,24-4)17(2)3)11(22)18(12)9(8)10(20)21/h12H,5-6H2,1-4H3,(H,20,21)/t12-,13?,26?/m1/s1. The number of fused-ring (bicyclic) bond motifs is 1. The highest BCUT2D eigenvalue weighted by molar-refractivity contribution is 8.00. The number of carbonyl (C=O) groups excluding carboxylic acids is 2. The second kappa shape index (κ2) is 7.53. The van der Waals surface area contributed by atoms with E-state index < -0.39 is 36.0 Å². The van der Waals surface area contributed by atoms with E-state index in [0.717, 1.165) is 28.4 Å². The van der Waals surface area contributed by atoms with Crippen molar-refractivity contribution in [1.82, 2.24) is 9.57 Å². The quantitative estimate of drug-likeness (QED) is 0.160. The number of carbonyl (C=O) groups is 3. The van der Waals surface area contributed by atoms with Gasteiger partial charge in [0.05, 0.1) is 0 Å². The largest absolute Gasteiger partial charge is 0.477 e. The number of hydrogen-bond donors (Lipinski definition) is 1. The van der Waals surface area contributed by atoms with Gasteiger partial charge < -0.3 is 14.4 Å². The monoisotopic (exact) mass is 419 g/mol. The van der Waals surface area contributed by atoms with Crippen molar-refractivity contribution in [3.8, 4) is 0 Å². The second-order valence-corrected chi connectivity index (χ2v) is 9.80. The molecule has 1 N–H and O–H groups in total. The molecule has 27 heavy (non-hydrogen) atoms. The lowest BCUT2D eigenvalue weighted by atomic mass is 10.0. The number of ether oxygens (including phenoxy) is 1. The lowest BCUT2D eigenvalue weighted by Gasteiger charge is -2.57. The zero-order chi connectivity index (χ0) is 20.6. The zero-order valence-electron chi connectivity index (χ0n) is 15.0. The number of aliphatic carboxylic acids is 1. The zero-order valence-corrected chi connectivity index (χ0v) is 16.7. The average molecular weight is 419 g/mol. The maximum absolute atomic E-state index is 13.4. The maximum Gasteiger partial charge on any atom is 0.352 e. The van der Waals surface area contributed by atoms with Gasteiger partial charge in [0.2, 0.25) is 5.28 Å². The molecule has 2 rings (SSSR count). The third-order valence-electron chi connectivity index (χ3n) is 4.16. The Hall–Kier alpha value is -2.04. The van der Waals surface area contributed by atoms with Crippen LogP contribution >= 0.6 is 19.3 Å². The summed E-state index contributed by atoms with van der Waals surface area (Å²) >= 11 is 1.05. The number of esters is 1. The van der Waals surface area contributed by atoms with Gasteiger partial charge in [-0.05, 0) is 19.6 Å². The van der Waals surface area contributed by atoms with Crippen LogP contribution in [0.4, 0.5) is 0 Å². The van der Waals surface area contributed by atoms with Gasteiger partial charge in [-0.3, -0.25) is 19.1 Å². The van der Waals surface area contributed by atoms with Crippen LogP contribution in [0.3, 0.4) is 0 Å². The Morgan fingerprint density at radius 1 is 1.56 bits per heavy atom. The van der Waals surface area contributed by atoms with Gasteiger partial charge in [0.25, 0.3) is 13.4 Å². The number of azide groups is 1. The van der Waals surface area contributed by atoms with Crippen LogP contribution in [0.15, 0.2) is 16.4 Å². The number of thioether (sulfide) groups is 1. The van der Waals surface area contributed by atoms with E-state index >= 15 is 0 Å². The highest BCUT2D eigenvalue weighted by Gasteiger charge is 2.74. The Balaban J connectivity index is 2.57. The third kappa shape index (κ3) is 3.01. The first-order chi connectivity index (χ1) is 12.6. The normalized spacial score (nSPS) is 26.6. The summed E-state index contributed by atoms with van der Waals surface area (Å²) in [4.78, 5) is 39.3. The van der Waals surface area contributed by atoms with Gasteiger partial charge in [0.1, 0.15) is 17.7 Å². The molecule has 14 heteroatoms. The van der Waals surface area contributed by atoms with E-state index in [4.69, 9.17) is 14.8 Å².